The topological polar surface area (TPSA) is 80.0 Å². The molecule has 25 heavy (non-hydrogen) atoms. The molecule has 6 heteroatoms. The highest BCUT2D eigenvalue weighted by molar-refractivity contribution is 6.03. The Morgan fingerprint density at radius 1 is 1.12 bits per heavy atom. The van der Waals surface area contributed by atoms with E-state index in [0.29, 0.717) is 23.9 Å². The van der Waals surface area contributed by atoms with Gasteiger partial charge in [0.1, 0.15) is 11.5 Å². The number of nitrogens with one attached hydrogen (secondary N) is 2. The van der Waals surface area contributed by atoms with Crippen molar-refractivity contribution in [3.05, 3.63) is 70.9 Å². The number of hydrogen-bond acceptors (Lipinski definition) is 5. The highest BCUT2D eigenvalue weighted by Crippen LogP contribution is 2.17. The van der Waals surface area contributed by atoms with Gasteiger partial charge in [0.25, 0.3) is 5.91 Å². The molecule has 1 amide bonds. The molecule has 0 aliphatic rings. The second-order valence-electron chi connectivity index (χ2n) is 5.92. The smallest absolute Gasteiger partial charge is 0.274 e. The average molecular weight is 336 g/mol. The van der Waals surface area contributed by atoms with Crippen molar-refractivity contribution >= 4 is 17.5 Å². The van der Waals surface area contributed by atoms with Crippen LogP contribution in [0.4, 0.5) is 11.6 Å². The standard InChI is InChI=1S/C19H20N4O2/c1-12-6-7-13(2)16(9-12)22-18(24)17-10-14(3)21-19(23-17)20-11-15-5-4-8-25-15/h4-10H,11H2,1-3H3,(H,22,24)(H,20,21,23). The van der Waals surface area contributed by atoms with Gasteiger partial charge in [0.05, 0.1) is 12.8 Å². The zero-order chi connectivity index (χ0) is 17.8. The fourth-order valence-corrected chi connectivity index (χ4v) is 2.40. The maximum Gasteiger partial charge on any atom is 0.274 e. The summed E-state index contributed by atoms with van der Waals surface area (Å²) in [5.41, 5.74) is 3.89. The molecule has 0 aliphatic carbocycles. The summed E-state index contributed by atoms with van der Waals surface area (Å²) in [5.74, 6) is 0.897. The SMILES string of the molecule is Cc1ccc(C)c(NC(=O)c2cc(C)nc(NCc3ccco3)n2)c1. The van der Waals surface area contributed by atoms with Crippen LogP contribution >= 0.6 is 0 Å². The average Bonchev–Trinajstić information content (AvgIpc) is 3.09. The molecule has 3 aromatic rings. The summed E-state index contributed by atoms with van der Waals surface area (Å²) in [6, 6.07) is 11.3. The molecule has 0 bridgehead atoms. The Morgan fingerprint density at radius 3 is 2.72 bits per heavy atom. The van der Waals surface area contributed by atoms with Crippen LogP contribution in [-0.2, 0) is 6.54 Å². The van der Waals surface area contributed by atoms with Gasteiger partial charge in [-0.1, -0.05) is 12.1 Å². The number of hydrogen-bond donors (Lipinski definition) is 2. The van der Waals surface area contributed by atoms with Crippen LogP contribution in [0.15, 0.2) is 47.1 Å². The minimum Gasteiger partial charge on any atom is -0.467 e. The predicted molar refractivity (Wildman–Crippen MR) is 96.7 cm³/mol. The van der Waals surface area contributed by atoms with E-state index in [1.807, 2.05) is 51.1 Å². The number of nitrogens with zero attached hydrogens (tertiary/aromatic N) is 2. The van der Waals surface area contributed by atoms with Gasteiger partial charge in [-0.15, -0.1) is 0 Å². The lowest BCUT2D eigenvalue weighted by molar-refractivity contribution is 0.102. The molecular weight excluding hydrogens is 316 g/mol. The third kappa shape index (κ3) is 4.23. The molecule has 1 aromatic carbocycles. The molecule has 0 saturated heterocycles. The van der Waals surface area contributed by atoms with Crippen LogP contribution in [0.1, 0.15) is 33.1 Å². The van der Waals surface area contributed by atoms with Crippen molar-refractivity contribution in [1.82, 2.24) is 9.97 Å². The second-order valence-corrected chi connectivity index (χ2v) is 5.92. The first-order valence-electron chi connectivity index (χ1n) is 8.02. The van der Waals surface area contributed by atoms with Crippen molar-refractivity contribution in [2.24, 2.45) is 0 Å². The summed E-state index contributed by atoms with van der Waals surface area (Å²) in [7, 11) is 0. The Labute approximate surface area is 146 Å². The number of amides is 1. The number of aromatic nitrogens is 2. The van der Waals surface area contributed by atoms with Crippen molar-refractivity contribution in [3.8, 4) is 0 Å². The summed E-state index contributed by atoms with van der Waals surface area (Å²) in [6.07, 6.45) is 1.61. The van der Waals surface area contributed by atoms with Crippen molar-refractivity contribution in [2.75, 3.05) is 10.6 Å². The van der Waals surface area contributed by atoms with Gasteiger partial charge in [-0.25, -0.2) is 9.97 Å². The van der Waals surface area contributed by atoms with Crippen LogP contribution in [0.5, 0.6) is 0 Å². The largest absolute Gasteiger partial charge is 0.467 e. The number of aryl methyl sites for hydroxylation is 3. The summed E-state index contributed by atoms with van der Waals surface area (Å²) < 4.78 is 5.27. The van der Waals surface area contributed by atoms with E-state index in [1.54, 1.807) is 12.3 Å². The third-order valence-corrected chi connectivity index (χ3v) is 3.73. The molecular formula is C19H20N4O2. The first-order valence-corrected chi connectivity index (χ1v) is 8.02. The normalized spacial score (nSPS) is 10.5. The first kappa shape index (κ1) is 16.7. The molecule has 0 radical (unpaired) electrons. The summed E-state index contributed by atoms with van der Waals surface area (Å²) in [5, 5.41) is 5.99. The van der Waals surface area contributed by atoms with E-state index >= 15 is 0 Å². The summed E-state index contributed by atoms with van der Waals surface area (Å²) in [4.78, 5) is 21.2. The van der Waals surface area contributed by atoms with Gasteiger partial charge in [0, 0.05) is 11.4 Å². The van der Waals surface area contributed by atoms with Gasteiger partial charge >= 0.3 is 0 Å². The summed E-state index contributed by atoms with van der Waals surface area (Å²) in [6.45, 7) is 6.22. The van der Waals surface area contributed by atoms with E-state index in [1.165, 1.54) is 0 Å². The monoisotopic (exact) mass is 336 g/mol. The predicted octanol–water partition coefficient (Wildman–Crippen LogP) is 3.86. The molecule has 2 aromatic heterocycles. The third-order valence-electron chi connectivity index (χ3n) is 3.73. The van der Waals surface area contributed by atoms with E-state index in [0.717, 1.165) is 22.6 Å². The molecule has 3 rings (SSSR count). The maximum atomic E-state index is 12.6. The van der Waals surface area contributed by atoms with E-state index in [9.17, 15) is 4.79 Å². The highest BCUT2D eigenvalue weighted by atomic mass is 16.3. The Kier molecular flexibility index (Phi) is 4.79. The number of furan rings is 1. The highest BCUT2D eigenvalue weighted by Gasteiger charge is 2.12. The van der Waals surface area contributed by atoms with Crippen LogP contribution in [0.3, 0.4) is 0 Å². The maximum absolute atomic E-state index is 12.6. The lowest BCUT2D eigenvalue weighted by atomic mass is 10.1. The van der Waals surface area contributed by atoms with Gasteiger partial charge in [-0.05, 0) is 56.2 Å². The van der Waals surface area contributed by atoms with Crippen LogP contribution in [0.2, 0.25) is 0 Å². The molecule has 0 fully saturated rings. The van der Waals surface area contributed by atoms with E-state index in [2.05, 4.69) is 20.6 Å². The quantitative estimate of drug-likeness (QED) is 0.739. The number of benzene rings is 1. The number of anilines is 2. The number of carbonyl (C=O) groups is 1. The van der Waals surface area contributed by atoms with Crippen molar-refractivity contribution in [2.45, 2.75) is 27.3 Å². The van der Waals surface area contributed by atoms with Crippen LogP contribution in [0.25, 0.3) is 0 Å². The molecule has 2 N–H and O–H groups in total. The molecule has 0 atom stereocenters. The van der Waals surface area contributed by atoms with Gasteiger partial charge < -0.3 is 15.1 Å². The Balaban J connectivity index is 1.76. The first-order chi connectivity index (χ1) is 12.0. The second kappa shape index (κ2) is 7.17. The van der Waals surface area contributed by atoms with Crippen molar-refractivity contribution in [3.63, 3.8) is 0 Å². The van der Waals surface area contributed by atoms with E-state index in [4.69, 9.17) is 4.42 Å². The van der Waals surface area contributed by atoms with Crippen molar-refractivity contribution < 1.29 is 9.21 Å². The van der Waals surface area contributed by atoms with Crippen LogP contribution in [-0.4, -0.2) is 15.9 Å². The van der Waals surface area contributed by atoms with Gasteiger partial charge in [-0.2, -0.15) is 0 Å². The molecule has 0 saturated carbocycles. The van der Waals surface area contributed by atoms with Crippen LogP contribution < -0.4 is 10.6 Å². The molecule has 6 nitrogen and oxygen atoms in total. The van der Waals surface area contributed by atoms with Gasteiger partial charge in [-0.3, -0.25) is 4.79 Å². The number of rotatable bonds is 5. The van der Waals surface area contributed by atoms with Gasteiger partial charge in [0.15, 0.2) is 0 Å². The molecule has 2 heterocycles. The van der Waals surface area contributed by atoms with Gasteiger partial charge in [0.2, 0.25) is 5.95 Å². The minimum atomic E-state index is -0.264. The lowest BCUT2D eigenvalue weighted by Crippen LogP contribution is -2.16. The van der Waals surface area contributed by atoms with Crippen LogP contribution in [0, 0.1) is 20.8 Å². The molecule has 128 valence electrons. The van der Waals surface area contributed by atoms with E-state index in [-0.39, 0.29) is 5.91 Å². The lowest BCUT2D eigenvalue weighted by Gasteiger charge is -2.10. The number of carbonyl (C=O) groups excluding carboxylic acids is 1. The Bertz CT molecular complexity index is 888. The zero-order valence-electron chi connectivity index (χ0n) is 14.5. The Morgan fingerprint density at radius 2 is 1.96 bits per heavy atom. The minimum absolute atomic E-state index is 0.264. The summed E-state index contributed by atoms with van der Waals surface area (Å²) >= 11 is 0. The fourth-order valence-electron chi connectivity index (χ4n) is 2.40. The van der Waals surface area contributed by atoms with Crippen molar-refractivity contribution in [1.29, 1.82) is 0 Å². The zero-order valence-corrected chi connectivity index (χ0v) is 14.5. The molecule has 0 aliphatic heterocycles. The molecule has 0 unspecified atom stereocenters. The van der Waals surface area contributed by atoms with E-state index < -0.39 is 0 Å². The molecule has 0 spiro atoms. The Hall–Kier alpha value is -3.15. The fraction of sp³-hybridized carbons (Fsp3) is 0.211.